The monoisotopic (exact) mass is 391 g/mol. The van der Waals surface area contributed by atoms with E-state index in [0.29, 0.717) is 5.41 Å². The van der Waals surface area contributed by atoms with Gasteiger partial charge in [-0.05, 0) is 72.4 Å². The lowest BCUT2D eigenvalue weighted by atomic mass is 9.66. The second-order valence-corrected chi connectivity index (χ2v) is 9.19. The predicted molar refractivity (Wildman–Crippen MR) is 129 cm³/mol. The van der Waals surface area contributed by atoms with Gasteiger partial charge in [0.15, 0.2) is 0 Å². The lowest BCUT2D eigenvalue weighted by molar-refractivity contribution is 0.266. The minimum atomic E-state index is 0.434. The normalized spacial score (nSPS) is 16.0. The molecule has 0 saturated heterocycles. The van der Waals surface area contributed by atoms with Gasteiger partial charge in [0.2, 0.25) is 0 Å². The zero-order valence-corrected chi connectivity index (χ0v) is 19.0. The first-order chi connectivity index (χ1) is 14.2. The van der Waals surface area contributed by atoms with Crippen LogP contribution >= 0.6 is 0 Å². The summed E-state index contributed by atoms with van der Waals surface area (Å²) >= 11 is 0. The highest BCUT2D eigenvalue weighted by molar-refractivity contribution is 5.69. The van der Waals surface area contributed by atoms with E-state index in [0.717, 1.165) is 6.54 Å². The van der Waals surface area contributed by atoms with E-state index in [1.807, 2.05) is 0 Å². The Kier molecular flexibility index (Phi) is 8.21. The SMILES string of the molecule is CCCCCC1(c2ccc(-c3ccc(NCCCC)cc3)c(C)c2)CCCCC1. The molecule has 2 aromatic rings. The Balaban J connectivity index is 1.77. The zero-order valence-electron chi connectivity index (χ0n) is 19.0. The van der Waals surface area contributed by atoms with Crippen LogP contribution in [0.3, 0.4) is 0 Å². The molecule has 0 bridgehead atoms. The number of unbranched alkanes of at least 4 members (excludes halogenated alkanes) is 3. The van der Waals surface area contributed by atoms with E-state index in [1.165, 1.54) is 93.0 Å². The summed E-state index contributed by atoms with van der Waals surface area (Å²) in [7, 11) is 0. The topological polar surface area (TPSA) is 12.0 Å². The Hall–Kier alpha value is -1.76. The molecule has 0 unspecified atom stereocenters. The summed E-state index contributed by atoms with van der Waals surface area (Å²) < 4.78 is 0. The molecule has 158 valence electrons. The largest absolute Gasteiger partial charge is 0.385 e. The van der Waals surface area contributed by atoms with Crippen molar-refractivity contribution in [2.45, 2.75) is 96.8 Å². The van der Waals surface area contributed by atoms with Crippen molar-refractivity contribution < 1.29 is 0 Å². The molecule has 0 radical (unpaired) electrons. The molecule has 1 aliphatic carbocycles. The number of nitrogens with one attached hydrogen (secondary N) is 1. The van der Waals surface area contributed by atoms with E-state index in [2.05, 4.69) is 68.6 Å². The van der Waals surface area contributed by atoms with Crippen molar-refractivity contribution in [3.05, 3.63) is 53.6 Å². The minimum absolute atomic E-state index is 0.434. The van der Waals surface area contributed by atoms with Gasteiger partial charge in [0, 0.05) is 12.2 Å². The summed E-state index contributed by atoms with van der Waals surface area (Å²) in [5, 5.41) is 3.52. The molecule has 0 amide bonds. The summed E-state index contributed by atoms with van der Waals surface area (Å²) in [5.41, 5.74) is 7.41. The summed E-state index contributed by atoms with van der Waals surface area (Å²) in [4.78, 5) is 0. The summed E-state index contributed by atoms with van der Waals surface area (Å²) in [6, 6.07) is 16.4. The fourth-order valence-electron chi connectivity index (χ4n) is 5.12. The molecule has 0 heterocycles. The van der Waals surface area contributed by atoms with Crippen molar-refractivity contribution in [2.75, 3.05) is 11.9 Å². The zero-order chi connectivity index (χ0) is 20.5. The number of benzene rings is 2. The van der Waals surface area contributed by atoms with E-state index in [4.69, 9.17) is 0 Å². The molecule has 0 aromatic heterocycles. The summed E-state index contributed by atoms with van der Waals surface area (Å²) in [6.45, 7) is 7.91. The Morgan fingerprint density at radius 2 is 1.55 bits per heavy atom. The van der Waals surface area contributed by atoms with E-state index >= 15 is 0 Å². The third kappa shape index (κ3) is 5.65. The second kappa shape index (κ2) is 10.9. The van der Waals surface area contributed by atoms with Crippen LogP contribution in [-0.2, 0) is 5.41 Å². The predicted octanol–water partition coefficient (Wildman–Crippen LogP) is 8.66. The second-order valence-electron chi connectivity index (χ2n) is 9.19. The van der Waals surface area contributed by atoms with Gasteiger partial charge >= 0.3 is 0 Å². The first kappa shape index (κ1) is 21.9. The number of aryl methyl sites for hydroxylation is 1. The standard InChI is InChI=1S/C28H41N/c1-4-6-9-18-28(19-10-8-11-20-28)25-14-17-27(23(3)22-25)24-12-15-26(16-13-24)29-21-7-5-2/h12-17,22,29H,4-11,18-21H2,1-3H3. The van der Waals surface area contributed by atoms with Gasteiger partial charge in [-0.2, -0.15) is 0 Å². The maximum absolute atomic E-state index is 3.52. The van der Waals surface area contributed by atoms with Crippen LogP contribution in [0.25, 0.3) is 11.1 Å². The average Bonchev–Trinajstić information content (AvgIpc) is 2.75. The van der Waals surface area contributed by atoms with E-state index in [1.54, 1.807) is 5.56 Å². The lowest BCUT2D eigenvalue weighted by Gasteiger charge is -2.38. The highest BCUT2D eigenvalue weighted by Crippen LogP contribution is 2.44. The highest BCUT2D eigenvalue weighted by Gasteiger charge is 2.33. The van der Waals surface area contributed by atoms with Crippen molar-refractivity contribution in [3.63, 3.8) is 0 Å². The third-order valence-electron chi connectivity index (χ3n) is 6.96. The van der Waals surface area contributed by atoms with Gasteiger partial charge < -0.3 is 5.32 Å². The van der Waals surface area contributed by atoms with Gasteiger partial charge in [-0.15, -0.1) is 0 Å². The summed E-state index contributed by atoms with van der Waals surface area (Å²) in [5.74, 6) is 0. The maximum Gasteiger partial charge on any atom is 0.0340 e. The summed E-state index contributed by atoms with van der Waals surface area (Å²) in [6.07, 6.45) is 14.9. The smallest absolute Gasteiger partial charge is 0.0340 e. The Morgan fingerprint density at radius 3 is 2.21 bits per heavy atom. The average molecular weight is 392 g/mol. The van der Waals surface area contributed by atoms with Crippen LogP contribution < -0.4 is 5.32 Å². The molecule has 1 fully saturated rings. The highest BCUT2D eigenvalue weighted by atomic mass is 14.9. The number of rotatable bonds is 10. The molecule has 1 saturated carbocycles. The number of hydrogen-bond donors (Lipinski definition) is 1. The molecule has 0 spiro atoms. The molecular formula is C28H41N. The molecule has 1 N–H and O–H groups in total. The van der Waals surface area contributed by atoms with Gasteiger partial charge in [-0.3, -0.25) is 0 Å². The lowest BCUT2D eigenvalue weighted by Crippen LogP contribution is -2.29. The van der Waals surface area contributed by atoms with Gasteiger partial charge in [-0.25, -0.2) is 0 Å². The third-order valence-corrected chi connectivity index (χ3v) is 6.96. The van der Waals surface area contributed by atoms with Crippen molar-refractivity contribution in [1.29, 1.82) is 0 Å². The Morgan fingerprint density at radius 1 is 0.828 bits per heavy atom. The van der Waals surface area contributed by atoms with Crippen LogP contribution in [0.1, 0.15) is 95.6 Å². The fraction of sp³-hybridized carbons (Fsp3) is 0.571. The molecule has 1 aliphatic rings. The van der Waals surface area contributed by atoms with E-state index < -0.39 is 0 Å². The molecule has 0 aliphatic heterocycles. The molecule has 2 aromatic carbocycles. The number of anilines is 1. The quantitative estimate of drug-likeness (QED) is 0.399. The number of hydrogen-bond acceptors (Lipinski definition) is 1. The van der Waals surface area contributed by atoms with Crippen LogP contribution in [-0.4, -0.2) is 6.54 Å². The molecule has 0 atom stereocenters. The molecular weight excluding hydrogens is 350 g/mol. The van der Waals surface area contributed by atoms with E-state index in [-0.39, 0.29) is 0 Å². The van der Waals surface area contributed by atoms with Crippen molar-refractivity contribution >= 4 is 5.69 Å². The van der Waals surface area contributed by atoms with Crippen molar-refractivity contribution in [3.8, 4) is 11.1 Å². The molecule has 29 heavy (non-hydrogen) atoms. The van der Waals surface area contributed by atoms with Crippen LogP contribution in [0, 0.1) is 6.92 Å². The van der Waals surface area contributed by atoms with Crippen LogP contribution in [0.15, 0.2) is 42.5 Å². The Labute approximate surface area is 179 Å². The van der Waals surface area contributed by atoms with Crippen LogP contribution in [0.2, 0.25) is 0 Å². The maximum atomic E-state index is 3.52. The minimum Gasteiger partial charge on any atom is -0.385 e. The van der Waals surface area contributed by atoms with Crippen molar-refractivity contribution in [1.82, 2.24) is 0 Å². The van der Waals surface area contributed by atoms with E-state index in [9.17, 15) is 0 Å². The van der Waals surface area contributed by atoms with Gasteiger partial charge in [-0.1, -0.05) is 89.1 Å². The van der Waals surface area contributed by atoms with Crippen molar-refractivity contribution in [2.24, 2.45) is 0 Å². The molecule has 1 nitrogen and oxygen atoms in total. The van der Waals surface area contributed by atoms with Crippen LogP contribution in [0.4, 0.5) is 5.69 Å². The molecule has 1 heteroatoms. The van der Waals surface area contributed by atoms with Gasteiger partial charge in [0.25, 0.3) is 0 Å². The van der Waals surface area contributed by atoms with Crippen LogP contribution in [0.5, 0.6) is 0 Å². The molecule has 3 rings (SSSR count). The fourth-order valence-corrected chi connectivity index (χ4v) is 5.12. The van der Waals surface area contributed by atoms with Gasteiger partial charge in [0.05, 0.1) is 0 Å². The first-order valence-corrected chi connectivity index (χ1v) is 12.1. The first-order valence-electron chi connectivity index (χ1n) is 12.1. The Bertz CT molecular complexity index is 737. The van der Waals surface area contributed by atoms with Gasteiger partial charge in [0.1, 0.15) is 0 Å².